The summed E-state index contributed by atoms with van der Waals surface area (Å²) in [4.78, 5) is 11.0. The Hall–Kier alpha value is -1.62. The van der Waals surface area contributed by atoms with E-state index in [2.05, 4.69) is 5.32 Å². The molecule has 4 nitrogen and oxygen atoms in total. The van der Waals surface area contributed by atoms with Gasteiger partial charge in [-0.2, -0.15) is 0 Å². The van der Waals surface area contributed by atoms with Crippen molar-refractivity contribution in [1.29, 1.82) is 0 Å². The quantitative estimate of drug-likeness (QED) is 0.889. The maximum Gasteiger partial charge on any atom is 0.338 e. The van der Waals surface area contributed by atoms with Crippen LogP contribution in [0.2, 0.25) is 0 Å². The molecule has 1 aromatic rings. The Bertz CT molecular complexity index is 522. The number of benzene rings is 1. The second kappa shape index (κ2) is 5.40. The molecule has 20 heavy (non-hydrogen) atoms. The van der Waals surface area contributed by atoms with Crippen LogP contribution >= 0.6 is 0 Å². The monoisotopic (exact) mass is 279 g/mol. The van der Waals surface area contributed by atoms with E-state index < -0.39 is 11.8 Å². The fourth-order valence-corrected chi connectivity index (χ4v) is 2.65. The van der Waals surface area contributed by atoms with Crippen LogP contribution in [-0.4, -0.2) is 30.3 Å². The highest BCUT2D eigenvalue weighted by Crippen LogP contribution is 2.45. The molecule has 0 bridgehead atoms. The molecule has 1 unspecified atom stereocenters. The molecule has 0 radical (unpaired) electrons. The summed E-state index contributed by atoms with van der Waals surface area (Å²) in [5.74, 6) is -1.11. The number of carboxylic acids is 1. The lowest BCUT2D eigenvalue weighted by Gasteiger charge is -2.25. The summed E-state index contributed by atoms with van der Waals surface area (Å²) < 4.78 is 19.8. The van der Waals surface area contributed by atoms with Crippen molar-refractivity contribution in [3.63, 3.8) is 0 Å². The average Bonchev–Trinajstić information content (AvgIpc) is 3.24. The van der Waals surface area contributed by atoms with E-state index in [0.717, 1.165) is 44.3 Å². The molecule has 2 aliphatic rings. The summed E-state index contributed by atoms with van der Waals surface area (Å²) in [7, 11) is 0. The number of halogens is 1. The van der Waals surface area contributed by atoms with Crippen LogP contribution in [0.4, 0.5) is 4.39 Å². The molecule has 5 heteroatoms. The lowest BCUT2D eigenvalue weighted by Crippen LogP contribution is -2.37. The van der Waals surface area contributed by atoms with Gasteiger partial charge in [0.05, 0.1) is 5.56 Å². The fraction of sp³-hybridized carbons (Fsp3) is 0.533. The first-order valence-corrected chi connectivity index (χ1v) is 7.09. The molecular formula is C15H18FNO3. The van der Waals surface area contributed by atoms with Gasteiger partial charge in [0.15, 0.2) is 0 Å². The number of hydrogen-bond donors (Lipinski definition) is 2. The van der Waals surface area contributed by atoms with Gasteiger partial charge in [0.2, 0.25) is 0 Å². The van der Waals surface area contributed by atoms with Crippen molar-refractivity contribution < 1.29 is 19.0 Å². The van der Waals surface area contributed by atoms with E-state index >= 15 is 0 Å². The first-order valence-electron chi connectivity index (χ1n) is 7.09. The third-order valence-corrected chi connectivity index (χ3v) is 3.89. The van der Waals surface area contributed by atoms with Gasteiger partial charge in [0, 0.05) is 12.6 Å². The van der Waals surface area contributed by atoms with Crippen LogP contribution in [0.1, 0.15) is 47.5 Å². The van der Waals surface area contributed by atoms with E-state index in [0.29, 0.717) is 11.7 Å². The summed E-state index contributed by atoms with van der Waals surface area (Å²) in [6.45, 7) is 1.74. The smallest absolute Gasteiger partial charge is 0.338 e. The number of aromatic carboxylic acids is 1. The number of carboxylic acid groups (broad SMARTS) is 1. The maximum absolute atomic E-state index is 13.8. The predicted octanol–water partition coefficient (Wildman–Crippen LogP) is 2.53. The van der Waals surface area contributed by atoms with Crippen molar-refractivity contribution in [1.82, 2.24) is 5.32 Å². The standard InChI is InChI=1S/C15H18FNO3/c16-13-7-14(20-10-2-1-5-17-8-10)11(9-3-4-9)6-12(13)15(18)19/h6-7,9-10,17H,1-5,8H2,(H,18,19). The second-order valence-electron chi connectivity index (χ2n) is 5.54. The Kier molecular flexibility index (Phi) is 3.61. The van der Waals surface area contributed by atoms with Crippen LogP contribution in [-0.2, 0) is 0 Å². The molecule has 1 aliphatic carbocycles. The molecule has 2 fully saturated rings. The Morgan fingerprint density at radius 2 is 2.15 bits per heavy atom. The van der Waals surface area contributed by atoms with E-state index in [9.17, 15) is 9.18 Å². The normalized spacial score (nSPS) is 22.6. The van der Waals surface area contributed by atoms with Gasteiger partial charge in [-0.3, -0.25) is 0 Å². The summed E-state index contributed by atoms with van der Waals surface area (Å²) in [5, 5.41) is 12.3. The second-order valence-corrected chi connectivity index (χ2v) is 5.54. The zero-order valence-electron chi connectivity index (χ0n) is 11.2. The minimum atomic E-state index is -1.23. The molecule has 1 aromatic carbocycles. The van der Waals surface area contributed by atoms with E-state index in [-0.39, 0.29) is 11.7 Å². The third-order valence-electron chi connectivity index (χ3n) is 3.89. The van der Waals surface area contributed by atoms with Gasteiger partial charge in [-0.25, -0.2) is 9.18 Å². The summed E-state index contributed by atoms with van der Waals surface area (Å²) in [6, 6.07) is 2.69. The van der Waals surface area contributed by atoms with E-state index in [4.69, 9.17) is 9.84 Å². The number of ether oxygens (including phenoxy) is 1. The van der Waals surface area contributed by atoms with Crippen LogP contribution in [0.15, 0.2) is 12.1 Å². The fourth-order valence-electron chi connectivity index (χ4n) is 2.65. The first-order chi connectivity index (χ1) is 9.65. The Morgan fingerprint density at radius 3 is 2.75 bits per heavy atom. The highest BCUT2D eigenvalue weighted by molar-refractivity contribution is 5.88. The third kappa shape index (κ3) is 2.77. The molecule has 0 aromatic heterocycles. The van der Waals surface area contributed by atoms with Crippen molar-refractivity contribution in [2.45, 2.75) is 37.7 Å². The Balaban J connectivity index is 1.88. The molecule has 0 spiro atoms. The number of rotatable bonds is 4. The lowest BCUT2D eigenvalue weighted by atomic mass is 10.0. The van der Waals surface area contributed by atoms with Gasteiger partial charge in [-0.15, -0.1) is 0 Å². The molecule has 1 atom stereocenters. The summed E-state index contributed by atoms with van der Waals surface area (Å²) in [6.07, 6.45) is 4.06. The minimum Gasteiger partial charge on any atom is -0.489 e. The summed E-state index contributed by atoms with van der Waals surface area (Å²) >= 11 is 0. The van der Waals surface area contributed by atoms with Gasteiger partial charge < -0.3 is 15.2 Å². The van der Waals surface area contributed by atoms with Gasteiger partial charge in [0.1, 0.15) is 17.7 Å². The van der Waals surface area contributed by atoms with Crippen molar-refractivity contribution in [3.8, 4) is 5.75 Å². The van der Waals surface area contributed by atoms with Crippen LogP contribution in [0.5, 0.6) is 5.75 Å². The number of hydrogen-bond acceptors (Lipinski definition) is 3. The Morgan fingerprint density at radius 1 is 1.35 bits per heavy atom. The van der Waals surface area contributed by atoms with Crippen LogP contribution < -0.4 is 10.1 Å². The molecule has 0 amide bonds. The Labute approximate surface area is 116 Å². The van der Waals surface area contributed by atoms with E-state index in [1.165, 1.54) is 12.1 Å². The largest absolute Gasteiger partial charge is 0.489 e. The topological polar surface area (TPSA) is 58.6 Å². The van der Waals surface area contributed by atoms with Gasteiger partial charge in [-0.05, 0) is 49.8 Å². The highest BCUT2D eigenvalue weighted by atomic mass is 19.1. The van der Waals surface area contributed by atoms with Crippen molar-refractivity contribution in [2.75, 3.05) is 13.1 Å². The number of carbonyl (C=O) groups is 1. The molecule has 1 aliphatic heterocycles. The zero-order valence-corrected chi connectivity index (χ0v) is 11.2. The van der Waals surface area contributed by atoms with Crippen molar-refractivity contribution in [2.24, 2.45) is 0 Å². The molecule has 1 saturated carbocycles. The SMILES string of the molecule is O=C(O)c1cc(C2CC2)c(OC2CCCNC2)cc1F. The molecule has 1 saturated heterocycles. The molecular weight excluding hydrogens is 261 g/mol. The predicted molar refractivity (Wildman–Crippen MR) is 71.9 cm³/mol. The maximum atomic E-state index is 13.8. The number of piperidine rings is 1. The molecule has 108 valence electrons. The minimum absolute atomic E-state index is 0.0383. The van der Waals surface area contributed by atoms with Crippen LogP contribution in [0, 0.1) is 5.82 Å². The number of nitrogens with one attached hydrogen (secondary N) is 1. The first kappa shape index (κ1) is 13.4. The van der Waals surface area contributed by atoms with Crippen molar-refractivity contribution in [3.05, 3.63) is 29.1 Å². The average molecular weight is 279 g/mol. The molecule has 1 heterocycles. The molecule has 3 rings (SSSR count). The molecule has 2 N–H and O–H groups in total. The van der Waals surface area contributed by atoms with Crippen LogP contribution in [0.25, 0.3) is 0 Å². The van der Waals surface area contributed by atoms with Crippen molar-refractivity contribution >= 4 is 5.97 Å². The highest BCUT2D eigenvalue weighted by Gasteiger charge is 2.30. The van der Waals surface area contributed by atoms with Gasteiger partial charge >= 0.3 is 5.97 Å². The van der Waals surface area contributed by atoms with E-state index in [1.54, 1.807) is 0 Å². The lowest BCUT2D eigenvalue weighted by molar-refractivity contribution is 0.0691. The zero-order chi connectivity index (χ0) is 14.1. The van der Waals surface area contributed by atoms with Gasteiger partial charge in [-0.1, -0.05) is 0 Å². The van der Waals surface area contributed by atoms with E-state index in [1.807, 2.05) is 0 Å². The summed E-state index contributed by atoms with van der Waals surface area (Å²) in [5.41, 5.74) is 0.579. The van der Waals surface area contributed by atoms with Crippen LogP contribution in [0.3, 0.4) is 0 Å². The van der Waals surface area contributed by atoms with Gasteiger partial charge in [0.25, 0.3) is 0 Å².